The molecule has 0 radical (unpaired) electrons. The summed E-state index contributed by atoms with van der Waals surface area (Å²) >= 11 is 1.06. The van der Waals surface area contributed by atoms with Crippen molar-refractivity contribution in [2.45, 2.75) is 120 Å². The Morgan fingerprint density at radius 2 is 1.72 bits per heavy atom. The van der Waals surface area contributed by atoms with Gasteiger partial charge in [0.05, 0.1) is 21.0 Å². The van der Waals surface area contributed by atoms with Gasteiger partial charge < -0.3 is 10.4 Å². The van der Waals surface area contributed by atoms with Crippen molar-refractivity contribution in [1.82, 2.24) is 15.0 Å². The molecule has 0 atom stereocenters. The molecule has 1 heterocycles. The molecular formula is C31H44F3N3O4S2. The zero-order chi connectivity index (χ0) is 31.6. The number of aromatic nitrogens is 1. The van der Waals surface area contributed by atoms with Crippen LogP contribution in [0.4, 0.5) is 13.2 Å². The van der Waals surface area contributed by atoms with Gasteiger partial charge in [-0.15, -0.1) is 11.3 Å². The highest BCUT2D eigenvalue weighted by Gasteiger charge is 2.40. The minimum absolute atomic E-state index is 0.125. The van der Waals surface area contributed by atoms with Gasteiger partial charge in [-0.2, -0.15) is 13.2 Å². The summed E-state index contributed by atoms with van der Waals surface area (Å²) < 4.78 is 71.3. The molecule has 3 N–H and O–H groups in total. The van der Waals surface area contributed by atoms with Gasteiger partial charge in [0.15, 0.2) is 5.01 Å². The minimum atomic E-state index is -4.92. The van der Waals surface area contributed by atoms with Crippen molar-refractivity contribution in [2.75, 3.05) is 6.61 Å². The number of alkyl halides is 3. The molecule has 240 valence electrons. The number of carbonyl (C=O) groups excluding carboxylic acids is 1. The Morgan fingerprint density at radius 3 is 2.28 bits per heavy atom. The Hall–Kier alpha value is -2.02. The van der Waals surface area contributed by atoms with E-state index in [-0.39, 0.29) is 29.0 Å². The maximum absolute atomic E-state index is 14.3. The Balaban J connectivity index is 1.73. The highest BCUT2D eigenvalue weighted by Crippen LogP contribution is 2.41. The average molecular weight is 644 g/mol. The first-order chi connectivity index (χ1) is 20.1. The number of benzene rings is 1. The predicted octanol–water partition coefficient (Wildman–Crippen LogP) is 7.09. The Kier molecular flexibility index (Phi) is 10.4. The zero-order valence-corrected chi connectivity index (χ0v) is 27.1. The predicted molar refractivity (Wildman–Crippen MR) is 162 cm³/mol. The van der Waals surface area contributed by atoms with Crippen LogP contribution in [-0.4, -0.2) is 42.1 Å². The number of halogens is 3. The summed E-state index contributed by atoms with van der Waals surface area (Å²) in [6, 6.07) is 3.26. The van der Waals surface area contributed by atoms with Gasteiger partial charge in [0, 0.05) is 17.7 Å². The van der Waals surface area contributed by atoms with Crippen molar-refractivity contribution in [3.05, 3.63) is 34.5 Å². The molecular weight excluding hydrogens is 599 g/mol. The first-order valence-electron chi connectivity index (χ1n) is 15.2. The van der Waals surface area contributed by atoms with Crippen molar-refractivity contribution in [2.24, 2.45) is 11.8 Å². The van der Waals surface area contributed by atoms with Crippen LogP contribution >= 0.6 is 11.3 Å². The van der Waals surface area contributed by atoms with Crippen LogP contribution in [0.1, 0.15) is 113 Å². The fraction of sp³-hybridized carbons (Fsp3) is 0.677. The molecule has 43 heavy (non-hydrogen) atoms. The molecule has 4 rings (SSSR count). The van der Waals surface area contributed by atoms with Crippen LogP contribution in [0, 0.1) is 11.8 Å². The summed E-state index contributed by atoms with van der Waals surface area (Å²) in [5.41, 5.74) is -1.88. The molecule has 12 heteroatoms. The number of sulfonamides is 1. The van der Waals surface area contributed by atoms with E-state index in [0.29, 0.717) is 22.9 Å². The standard InChI is InChI=1S/C31H44F3N3O4S2/c1-5-30(15-13-21(19-38)14-16-30)36-27(39)28-35-24(17-20-9-7-6-8-10-20)26(42-28)22-11-12-25(23(18-22)31(32,33)34)43(40,41)37-29(2,3)4/h11-12,18,20-21,37-38H,5-10,13-17,19H2,1-4H3,(H,36,39). The van der Waals surface area contributed by atoms with Crippen LogP contribution < -0.4 is 10.0 Å². The highest BCUT2D eigenvalue weighted by atomic mass is 32.2. The van der Waals surface area contributed by atoms with E-state index in [4.69, 9.17) is 4.98 Å². The van der Waals surface area contributed by atoms with E-state index >= 15 is 0 Å². The van der Waals surface area contributed by atoms with E-state index in [0.717, 1.165) is 87.7 Å². The topological polar surface area (TPSA) is 108 Å². The van der Waals surface area contributed by atoms with Crippen LogP contribution in [0.2, 0.25) is 0 Å². The van der Waals surface area contributed by atoms with E-state index < -0.39 is 37.7 Å². The molecule has 0 bridgehead atoms. The summed E-state index contributed by atoms with van der Waals surface area (Å²) in [5, 5.41) is 12.9. The summed E-state index contributed by atoms with van der Waals surface area (Å²) in [6.07, 6.45) is 4.72. The Morgan fingerprint density at radius 1 is 1.07 bits per heavy atom. The number of aliphatic hydroxyl groups excluding tert-OH is 1. The van der Waals surface area contributed by atoms with Gasteiger partial charge in [0.1, 0.15) is 0 Å². The molecule has 0 saturated heterocycles. The summed E-state index contributed by atoms with van der Waals surface area (Å²) in [5.74, 6) is 0.187. The monoisotopic (exact) mass is 643 g/mol. The highest BCUT2D eigenvalue weighted by molar-refractivity contribution is 7.89. The number of rotatable bonds is 9. The summed E-state index contributed by atoms with van der Waals surface area (Å²) in [6.45, 7) is 6.84. The second-order valence-electron chi connectivity index (χ2n) is 13.3. The number of carbonyl (C=O) groups is 1. The van der Waals surface area contributed by atoms with Gasteiger partial charge in [-0.25, -0.2) is 18.1 Å². The number of hydrogen-bond donors (Lipinski definition) is 3. The van der Waals surface area contributed by atoms with Gasteiger partial charge in [0.25, 0.3) is 5.91 Å². The fourth-order valence-corrected chi connectivity index (χ4v) is 8.95. The number of aliphatic hydroxyl groups is 1. The summed E-state index contributed by atoms with van der Waals surface area (Å²) in [7, 11) is -4.47. The molecule has 2 aliphatic rings. The van der Waals surface area contributed by atoms with Crippen LogP contribution in [0.15, 0.2) is 23.1 Å². The molecule has 0 unspecified atom stereocenters. The first-order valence-corrected chi connectivity index (χ1v) is 17.5. The quantitative estimate of drug-likeness (QED) is 0.271. The molecule has 2 aromatic rings. The third-order valence-electron chi connectivity index (χ3n) is 8.75. The smallest absolute Gasteiger partial charge is 0.396 e. The lowest BCUT2D eigenvalue weighted by molar-refractivity contribution is -0.139. The van der Waals surface area contributed by atoms with Gasteiger partial charge >= 0.3 is 6.18 Å². The fourth-order valence-electron chi connectivity index (χ4n) is 6.34. The first kappa shape index (κ1) is 33.9. The number of amides is 1. The van der Waals surface area contributed by atoms with Crippen molar-refractivity contribution in [3.8, 4) is 10.4 Å². The van der Waals surface area contributed by atoms with E-state index in [1.54, 1.807) is 20.8 Å². The molecule has 1 aromatic carbocycles. The van der Waals surface area contributed by atoms with Gasteiger partial charge in [-0.05, 0) is 88.8 Å². The Labute approximate surface area is 257 Å². The zero-order valence-electron chi connectivity index (χ0n) is 25.4. The third kappa shape index (κ3) is 8.38. The van der Waals surface area contributed by atoms with Gasteiger partial charge in [-0.1, -0.05) is 45.1 Å². The molecule has 0 aliphatic heterocycles. The van der Waals surface area contributed by atoms with E-state index in [1.165, 1.54) is 6.07 Å². The second kappa shape index (κ2) is 13.1. The number of nitrogens with one attached hydrogen (secondary N) is 2. The SMILES string of the molecule is CCC1(NC(=O)c2nc(CC3CCCCC3)c(-c3ccc(S(=O)(=O)NC(C)(C)C)c(C(F)(F)F)c3)s2)CCC(CO)CC1. The van der Waals surface area contributed by atoms with Crippen LogP contribution in [0.3, 0.4) is 0 Å². The van der Waals surface area contributed by atoms with Crippen LogP contribution in [0.25, 0.3) is 10.4 Å². The molecule has 2 fully saturated rings. The maximum atomic E-state index is 14.3. The van der Waals surface area contributed by atoms with Crippen molar-refractivity contribution in [3.63, 3.8) is 0 Å². The molecule has 7 nitrogen and oxygen atoms in total. The largest absolute Gasteiger partial charge is 0.417 e. The van der Waals surface area contributed by atoms with Gasteiger partial charge in [-0.3, -0.25) is 4.79 Å². The lowest BCUT2D eigenvalue weighted by Crippen LogP contribution is -2.50. The average Bonchev–Trinajstić information content (AvgIpc) is 3.36. The van der Waals surface area contributed by atoms with Crippen molar-refractivity contribution >= 4 is 27.3 Å². The summed E-state index contributed by atoms with van der Waals surface area (Å²) in [4.78, 5) is 17.9. The van der Waals surface area contributed by atoms with Crippen molar-refractivity contribution < 1.29 is 31.5 Å². The molecule has 1 aromatic heterocycles. The minimum Gasteiger partial charge on any atom is -0.396 e. The van der Waals surface area contributed by atoms with E-state index in [2.05, 4.69) is 10.0 Å². The van der Waals surface area contributed by atoms with Gasteiger partial charge in [0.2, 0.25) is 10.0 Å². The van der Waals surface area contributed by atoms with Crippen LogP contribution in [-0.2, 0) is 22.6 Å². The lowest BCUT2D eigenvalue weighted by atomic mass is 9.75. The Bertz CT molecular complexity index is 1390. The molecule has 1 amide bonds. The molecule has 2 aliphatic carbocycles. The third-order valence-corrected chi connectivity index (χ3v) is 11.7. The van der Waals surface area contributed by atoms with E-state index in [1.807, 2.05) is 6.92 Å². The lowest BCUT2D eigenvalue weighted by Gasteiger charge is -2.39. The van der Waals surface area contributed by atoms with Crippen LogP contribution in [0.5, 0.6) is 0 Å². The van der Waals surface area contributed by atoms with E-state index in [9.17, 15) is 31.5 Å². The maximum Gasteiger partial charge on any atom is 0.417 e. The number of thiazole rings is 1. The second-order valence-corrected chi connectivity index (χ2v) is 15.9. The number of hydrogen-bond acceptors (Lipinski definition) is 6. The molecule has 0 spiro atoms. The number of nitrogens with zero attached hydrogens (tertiary/aromatic N) is 1. The normalized spacial score (nSPS) is 22.5. The molecule has 2 saturated carbocycles. The van der Waals surface area contributed by atoms with Crippen molar-refractivity contribution in [1.29, 1.82) is 0 Å².